The molecule has 0 saturated heterocycles. The molecule has 0 aliphatic rings. The van der Waals surface area contributed by atoms with Gasteiger partial charge < -0.3 is 20.5 Å². The average Bonchev–Trinajstić information content (AvgIpc) is 2.36. The number of halogens is 1. The number of nitrogens with one attached hydrogen (secondary N) is 1. The monoisotopic (exact) mass is 274 g/mol. The van der Waals surface area contributed by atoms with Crippen LogP contribution in [0.4, 0.5) is 0 Å². The van der Waals surface area contributed by atoms with E-state index in [9.17, 15) is 4.79 Å². The van der Waals surface area contributed by atoms with Gasteiger partial charge in [-0.15, -0.1) is 12.4 Å². The van der Waals surface area contributed by atoms with Crippen molar-refractivity contribution in [3.63, 3.8) is 0 Å². The number of methoxy groups -OCH3 is 1. The summed E-state index contributed by atoms with van der Waals surface area (Å²) in [6.07, 6.45) is -0.151. The normalized spacial score (nSPS) is 11.1. The molecule has 0 spiro atoms. The molecule has 0 saturated carbocycles. The summed E-state index contributed by atoms with van der Waals surface area (Å²) >= 11 is 0. The fourth-order valence-electron chi connectivity index (χ4n) is 1.30. The van der Waals surface area contributed by atoms with Crippen LogP contribution in [0.15, 0.2) is 24.3 Å². The van der Waals surface area contributed by atoms with E-state index >= 15 is 0 Å². The molecule has 0 heterocycles. The Hall–Kier alpha value is -1.46. The Labute approximate surface area is 113 Å². The van der Waals surface area contributed by atoms with E-state index in [1.54, 1.807) is 7.11 Å². The van der Waals surface area contributed by atoms with E-state index in [0.29, 0.717) is 18.0 Å². The molecule has 1 aromatic rings. The third kappa shape index (κ3) is 5.25. The minimum absolute atomic E-state index is 0. The molecule has 5 nitrogen and oxygen atoms in total. The maximum Gasteiger partial charge on any atom is 0.233 e. The third-order valence-corrected chi connectivity index (χ3v) is 2.17. The molecule has 1 rings (SSSR count). The largest absolute Gasteiger partial charge is 0.493 e. The van der Waals surface area contributed by atoms with E-state index in [1.165, 1.54) is 0 Å². The van der Waals surface area contributed by atoms with Crippen molar-refractivity contribution in [2.45, 2.75) is 13.0 Å². The standard InChI is InChI=1S/C12H18N2O3.ClH/c1-9(8-14-12(15)7-13)17-11-6-4-3-5-10(11)16-2;/h3-6,9H,7-8,13H2,1-2H3,(H,14,15);1H. The first kappa shape index (κ1) is 16.5. The number of rotatable bonds is 6. The summed E-state index contributed by atoms with van der Waals surface area (Å²) in [7, 11) is 1.59. The molecule has 0 aromatic heterocycles. The van der Waals surface area contributed by atoms with E-state index in [0.717, 1.165) is 0 Å². The van der Waals surface area contributed by atoms with Crippen LogP contribution in [0.25, 0.3) is 0 Å². The molecule has 1 aromatic carbocycles. The van der Waals surface area contributed by atoms with Gasteiger partial charge in [0.1, 0.15) is 6.10 Å². The van der Waals surface area contributed by atoms with Crippen LogP contribution < -0.4 is 20.5 Å². The molecule has 0 aliphatic carbocycles. The highest BCUT2D eigenvalue weighted by molar-refractivity contribution is 5.85. The van der Waals surface area contributed by atoms with Gasteiger partial charge in [-0.1, -0.05) is 12.1 Å². The number of ether oxygens (including phenoxy) is 2. The van der Waals surface area contributed by atoms with Crippen LogP contribution in [0.3, 0.4) is 0 Å². The first-order valence-corrected chi connectivity index (χ1v) is 5.43. The Balaban J connectivity index is 0.00000289. The summed E-state index contributed by atoms with van der Waals surface area (Å²) in [5, 5.41) is 2.66. The van der Waals surface area contributed by atoms with E-state index in [4.69, 9.17) is 15.2 Å². The van der Waals surface area contributed by atoms with Crippen LogP contribution >= 0.6 is 12.4 Å². The van der Waals surface area contributed by atoms with Crippen molar-refractivity contribution < 1.29 is 14.3 Å². The Morgan fingerprint density at radius 3 is 2.56 bits per heavy atom. The Kier molecular flexibility index (Phi) is 7.91. The number of nitrogens with two attached hydrogens (primary N) is 1. The quantitative estimate of drug-likeness (QED) is 0.810. The first-order valence-electron chi connectivity index (χ1n) is 5.43. The topological polar surface area (TPSA) is 73.6 Å². The van der Waals surface area contributed by atoms with Crippen LogP contribution in [0, 0.1) is 0 Å². The van der Waals surface area contributed by atoms with E-state index < -0.39 is 0 Å². The van der Waals surface area contributed by atoms with Gasteiger partial charge in [-0.25, -0.2) is 0 Å². The SMILES string of the molecule is COc1ccccc1OC(C)CNC(=O)CN.Cl. The zero-order chi connectivity index (χ0) is 12.7. The van der Waals surface area contributed by atoms with Gasteiger partial charge in [0, 0.05) is 0 Å². The minimum Gasteiger partial charge on any atom is -0.493 e. The first-order chi connectivity index (χ1) is 8.17. The minimum atomic E-state index is -0.194. The number of carbonyl (C=O) groups is 1. The second kappa shape index (κ2) is 8.60. The maximum atomic E-state index is 11.0. The highest BCUT2D eigenvalue weighted by Gasteiger charge is 2.09. The highest BCUT2D eigenvalue weighted by atomic mass is 35.5. The smallest absolute Gasteiger partial charge is 0.233 e. The molecule has 1 unspecified atom stereocenters. The van der Waals surface area contributed by atoms with Gasteiger partial charge in [-0.2, -0.15) is 0 Å². The molecule has 0 fully saturated rings. The molecule has 0 aliphatic heterocycles. The highest BCUT2D eigenvalue weighted by Crippen LogP contribution is 2.26. The van der Waals surface area contributed by atoms with Gasteiger partial charge in [-0.3, -0.25) is 4.79 Å². The maximum absolute atomic E-state index is 11.0. The van der Waals surface area contributed by atoms with Crippen LogP contribution in [-0.4, -0.2) is 32.2 Å². The molecule has 3 N–H and O–H groups in total. The summed E-state index contributed by atoms with van der Waals surface area (Å²) in [6, 6.07) is 7.37. The zero-order valence-corrected chi connectivity index (χ0v) is 11.3. The van der Waals surface area contributed by atoms with Crippen molar-refractivity contribution in [3.05, 3.63) is 24.3 Å². The molecule has 18 heavy (non-hydrogen) atoms. The Morgan fingerprint density at radius 1 is 1.39 bits per heavy atom. The lowest BCUT2D eigenvalue weighted by atomic mass is 10.3. The van der Waals surface area contributed by atoms with Gasteiger partial charge in [0.25, 0.3) is 0 Å². The summed E-state index contributed by atoms with van der Waals surface area (Å²) < 4.78 is 10.8. The van der Waals surface area contributed by atoms with Crippen molar-refractivity contribution in [1.29, 1.82) is 0 Å². The number of hydrogen-bond donors (Lipinski definition) is 2. The molecule has 0 radical (unpaired) electrons. The van der Waals surface area contributed by atoms with Crippen molar-refractivity contribution in [2.75, 3.05) is 20.2 Å². The van der Waals surface area contributed by atoms with Crippen molar-refractivity contribution >= 4 is 18.3 Å². The molecule has 6 heteroatoms. The number of benzene rings is 1. The predicted octanol–water partition coefficient (Wildman–Crippen LogP) is 0.959. The van der Waals surface area contributed by atoms with Crippen molar-refractivity contribution in [2.24, 2.45) is 5.73 Å². The molecular weight excluding hydrogens is 256 g/mol. The average molecular weight is 275 g/mol. The molecular formula is C12H19ClN2O3. The summed E-state index contributed by atoms with van der Waals surface area (Å²) in [5.74, 6) is 1.13. The number of carbonyl (C=O) groups excluding carboxylic acids is 1. The van der Waals surface area contributed by atoms with Crippen LogP contribution in [0.2, 0.25) is 0 Å². The van der Waals surface area contributed by atoms with Gasteiger partial charge in [0.15, 0.2) is 11.5 Å². The second-order valence-electron chi connectivity index (χ2n) is 3.59. The third-order valence-electron chi connectivity index (χ3n) is 2.17. The predicted molar refractivity (Wildman–Crippen MR) is 72.4 cm³/mol. The van der Waals surface area contributed by atoms with Gasteiger partial charge in [0.2, 0.25) is 5.91 Å². The molecule has 1 amide bonds. The van der Waals surface area contributed by atoms with Crippen molar-refractivity contribution in [3.8, 4) is 11.5 Å². The molecule has 1 atom stereocenters. The lowest BCUT2D eigenvalue weighted by Gasteiger charge is -2.17. The fourth-order valence-corrected chi connectivity index (χ4v) is 1.30. The van der Waals surface area contributed by atoms with Gasteiger partial charge in [-0.05, 0) is 19.1 Å². The Morgan fingerprint density at radius 2 is 2.00 bits per heavy atom. The summed E-state index contributed by atoms with van der Waals surface area (Å²) in [5.41, 5.74) is 5.18. The zero-order valence-electron chi connectivity index (χ0n) is 10.5. The molecule has 102 valence electrons. The van der Waals surface area contributed by atoms with Gasteiger partial charge in [0.05, 0.1) is 20.2 Å². The number of hydrogen-bond acceptors (Lipinski definition) is 4. The van der Waals surface area contributed by atoms with E-state index in [1.807, 2.05) is 31.2 Å². The van der Waals surface area contributed by atoms with Crippen LogP contribution in [0.1, 0.15) is 6.92 Å². The molecule has 0 bridgehead atoms. The number of amides is 1. The van der Waals surface area contributed by atoms with Crippen molar-refractivity contribution in [1.82, 2.24) is 5.32 Å². The van der Waals surface area contributed by atoms with Crippen LogP contribution in [-0.2, 0) is 4.79 Å². The van der Waals surface area contributed by atoms with E-state index in [2.05, 4.69) is 5.32 Å². The van der Waals surface area contributed by atoms with Crippen LogP contribution in [0.5, 0.6) is 11.5 Å². The summed E-state index contributed by atoms with van der Waals surface area (Å²) in [4.78, 5) is 11.0. The lowest BCUT2D eigenvalue weighted by Crippen LogP contribution is -2.37. The number of para-hydroxylation sites is 2. The Bertz CT molecular complexity index is 374. The van der Waals surface area contributed by atoms with E-state index in [-0.39, 0.29) is 31.0 Å². The van der Waals surface area contributed by atoms with Gasteiger partial charge >= 0.3 is 0 Å². The lowest BCUT2D eigenvalue weighted by molar-refractivity contribution is -0.120. The summed E-state index contributed by atoms with van der Waals surface area (Å²) in [6.45, 7) is 2.26. The fraction of sp³-hybridized carbons (Fsp3) is 0.417. The second-order valence-corrected chi connectivity index (χ2v) is 3.59.